The average molecular weight is 266 g/mol. The van der Waals surface area contributed by atoms with Crippen LogP contribution in [0.15, 0.2) is 29.4 Å². The van der Waals surface area contributed by atoms with Gasteiger partial charge in [0.15, 0.2) is 5.84 Å². The molecule has 1 aliphatic heterocycles. The number of thioether (sulfide) groups is 1. The fourth-order valence-corrected chi connectivity index (χ4v) is 2.99. The van der Waals surface area contributed by atoms with Gasteiger partial charge in [-0.05, 0) is 18.4 Å². The summed E-state index contributed by atoms with van der Waals surface area (Å²) in [4.78, 5) is 0. The van der Waals surface area contributed by atoms with Crippen LogP contribution in [-0.4, -0.2) is 29.5 Å². The number of nitrogens with two attached hydrogens (primary N) is 1. The van der Waals surface area contributed by atoms with Gasteiger partial charge in [0, 0.05) is 23.7 Å². The van der Waals surface area contributed by atoms with Crippen LogP contribution in [0.25, 0.3) is 0 Å². The lowest BCUT2D eigenvalue weighted by Crippen LogP contribution is -2.12. The molecule has 1 atom stereocenters. The molecule has 1 aromatic carbocycles. The van der Waals surface area contributed by atoms with Gasteiger partial charge in [0.1, 0.15) is 0 Å². The molecule has 4 nitrogen and oxygen atoms in total. The molecule has 1 fully saturated rings. The van der Waals surface area contributed by atoms with Gasteiger partial charge in [-0.1, -0.05) is 29.4 Å². The molecule has 5 heteroatoms. The van der Waals surface area contributed by atoms with Gasteiger partial charge in [0.2, 0.25) is 0 Å². The molecule has 0 amide bonds. The second-order valence-electron chi connectivity index (χ2n) is 4.33. The number of benzene rings is 1. The molecule has 0 saturated carbocycles. The molecule has 18 heavy (non-hydrogen) atoms. The first-order chi connectivity index (χ1) is 8.79. The summed E-state index contributed by atoms with van der Waals surface area (Å²) in [5.74, 6) is 2.17. The molecule has 0 spiro atoms. The Morgan fingerprint density at radius 2 is 2.22 bits per heavy atom. The summed E-state index contributed by atoms with van der Waals surface area (Å²) in [5.41, 5.74) is 7.49. The molecule has 0 bridgehead atoms. The largest absolute Gasteiger partial charge is 0.409 e. The quantitative estimate of drug-likeness (QED) is 0.371. The third-order valence-electron chi connectivity index (χ3n) is 2.95. The van der Waals surface area contributed by atoms with Gasteiger partial charge in [0.25, 0.3) is 0 Å². The highest BCUT2D eigenvalue weighted by molar-refractivity contribution is 7.98. The summed E-state index contributed by atoms with van der Waals surface area (Å²) in [6.45, 7) is 0.916. The zero-order valence-electron chi connectivity index (χ0n) is 10.2. The van der Waals surface area contributed by atoms with E-state index in [9.17, 15) is 0 Å². The van der Waals surface area contributed by atoms with Crippen LogP contribution < -0.4 is 5.73 Å². The summed E-state index contributed by atoms with van der Waals surface area (Å²) < 4.78 is 5.58. The second kappa shape index (κ2) is 6.66. The van der Waals surface area contributed by atoms with Crippen LogP contribution in [0.2, 0.25) is 0 Å². The van der Waals surface area contributed by atoms with E-state index in [2.05, 4.69) is 5.16 Å². The Morgan fingerprint density at radius 3 is 2.83 bits per heavy atom. The van der Waals surface area contributed by atoms with E-state index in [1.807, 2.05) is 36.0 Å². The first-order valence-electron chi connectivity index (χ1n) is 6.06. The number of oxime groups is 1. The van der Waals surface area contributed by atoms with E-state index in [0.29, 0.717) is 6.10 Å². The Labute approximate surface area is 111 Å². The molecule has 1 heterocycles. The van der Waals surface area contributed by atoms with E-state index in [0.717, 1.165) is 23.7 Å². The molecule has 0 radical (unpaired) electrons. The Balaban J connectivity index is 1.79. The van der Waals surface area contributed by atoms with E-state index in [1.165, 1.54) is 18.4 Å². The SMILES string of the molecule is N/C(=N/O)c1ccc(CSCC2CCCO2)cc1. The first kappa shape index (κ1) is 13.2. The number of hydrogen-bond acceptors (Lipinski definition) is 4. The smallest absolute Gasteiger partial charge is 0.170 e. The number of amidine groups is 1. The monoisotopic (exact) mass is 266 g/mol. The minimum Gasteiger partial charge on any atom is -0.409 e. The van der Waals surface area contributed by atoms with E-state index >= 15 is 0 Å². The van der Waals surface area contributed by atoms with Crippen LogP contribution in [0.5, 0.6) is 0 Å². The number of ether oxygens (including phenoxy) is 1. The molecule has 1 aromatic rings. The molecule has 1 aliphatic rings. The van der Waals surface area contributed by atoms with E-state index < -0.39 is 0 Å². The number of nitrogens with zero attached hydrogens (tertiary/aromatic N) is 1. The lowest BCUT2D eigenvalue weighted by atomic mass is 10.1. The van der Waals surface area contributed by atoms with Crippen LogP contribution in [0, 0.1) is 0 Å². The predicted octanol–water partition coefficient (Wildman–Crippen LogP) is 2.19. The van der Waals surface area contributed by atoms with E-state index in [1.54, 1.807) is 0 Å². The van der Waals surface area contributed by atoms with Crippen molar-refractivity contribution in [2.45, 2.75) is 24.7 Å². The molecule has 1 saturated heterocycles. The highest BCUT2D eigenvalue weighted by atomic mass is 32.2. The van der Waals surface area contributed by atoms with Crippen molar-refractivity contribution < 1.29 is 9.94 Å². The summed E-state index contributed by atoms with van der Waals surface area (Å²) in [6, 6.07) is 7.76. The maximum Gasteiger partial charge on any atom is 0.170 e. The summed E-state index contributed by atoms with van der Waals surface area (Å²) in [6.07, 6.45) is 2.82. The lowest BCUT2D eigenvalue weighted by molar-refractivity contribution is 0.129. The molecule has 2 rings (SSSR count). The summed E-state index contributed by atoms with van der Waals surface area (Å²) >= 11 is 1.89. The van der Waals surface area contributed by atoms with Crippen LogP contribution in [0.1, 0.15) is 24.0 Å². The highest BCUT2D eigenvalue weighted by Gasteiger charge is 2.14. The van der Waals surface area contributed by atoms with Crippen LogP contribution in [-0.2, 0) is 10.5 Å². The van der Waals surface area contributed by atoms with Crippen molar-refractivity contribution in [3.05, 3.63) is 35.4 Å². The van der Waals surface area contributed by atoms with Gasteiger partial charge >= 0.3 is 0 Å². The zero-order valence-corrected chi connectivity index (χ0v) is 11.0. The molecular weight excluding hydrogens is 248 g/mol. The third kappa shape index (κ3) is 3.65. The van der Waals surface area contributed by atoms with Gasteiger partial charge in [0.05, 0.1) is 6.10 Å². The van der Waals surface area contributed by atoms with Gasteiger partial charge in [-0.15, -0.1) is 0 Å². The Morgan fingerprint density at radius 1 is 1.44 bits per heavy atom. The van der Waals surface area contributed by atoms with Crippen molar-refractivity contribution in [2.75, 3.05) is 12.4 Å². The Kier molecular flexibility index (Phi) is 4.90. The van der Waals surface area contributed by atoms with Gasteiger partial charge < -0.3 is 15.7 Å². The van der Waals surface area contributed by atoms with Crippen molar-refractivity contribution in [2.24, 2.45) is 10.9 Å². The van der Waals surface area contributed by atoms with Crippen LogP contribution in [0.4, 0.5) is 0 Å². The van der Waals surface area contributed by atoms with Crippen molar-refractivity contribution in [1.82, 2.24) is 0 Å². The fourth-order valence-electron chi connectivity index (χ4n) is 1.91. The Bertz CT molecular complexity index is 400. The van der Waals surface area contributed by atoms with Crippen molar-refractivity contribution in [1.29, 1.82) is 0 Å². The molecule has 98 valence electrons. The topological polar surface area (TPSA) is 67.8 Å². The standard InChI is InChI=1S/C13H18N2O2S/c14-13(15-16)11-5-3-10(4-6-11)8-18-9-12-2-1-7-17-12/h3-6,12,16H,1-2,7-9H2,(H2,14,15). The van der Waals surface area contributed by atoms with Crippen molar-refractivity contribution >= 4 is 17.6 Å². The molecular formula is C13H18N2O2S. The molecule has 0 aliphatic carbocycles. The summed E-state index contributed by atoms with van der Waals surface area (Å²) in [7, 11) is 0. The van der Waals surface area contributed by atoms with Gasteiger partial charge in [-0.25, -0.2) is 0 Å². The predicted molar refractivity (Wildman–Crippen MR) is 74.1 cm³/mol. The summed E-state index contributed by atoms with van der Waals surface area (Å²) in [5, 5.41) is 11.5. The zero-order chi connectivity index (χ0) is 12.8. The Hall–Kier alpha value is -1.20. The molecule has 1 unspecified atom stereocenters. The average Bonchev–Trinajstić information content (AvgIpc) is 2.92. The number of hydrogen-bond donors (Lipinski definition) is 2. The maximum absolute atomic E-state index is 8.57. The minimum atomic E-state index is 0.147. The van der Waals surface area contributed by atoms with Crippen molar-refractivity contribution in [3.63, 3.8) is 0 Å². The number of rotatable bonds is 5. The van der Waals surface area contributed by atoms with Gasteiger partial charge in [-0.3, -0.25) is 0 Å². The highest BCUT2D eigenvalue weighted by Crippen LogP contribution is 2.20. The van der Waals surface area contributed by atoms with E-state index in [-0.39, 0.29) is 5.84 Å². The van der Waals surface area contributed by atoms with Crippen LogP contribution >= 0.6 is 11.8 Å². The third-order valence-corrected chi connectivity index (χ3v) is 4.10. The minimum absolute atomic E-state index is 0.147. The second-order valence-corrected chi connectivity index (χ2v) is 5.36. The van der Waals surface area contributed by atoms with Crippen LogP contribution in [0.3, 0.4) is 0 Å². The molecule has 0 aromatic heterocycles. The van der Waals surface area contributed by atoms with Gasteiger partial charge in [-0.2, -0.15) is 11.8 Å². The normalized spacial score (nSPS) is 20.2. The lowest BCUT2D eigenvalue weighted by Gasteiger charge is -2.08. The fraction of sp³-hybridized carbons (Fsp3) is 0.462. The van der Waals surface area contributed by atoms with E-state index in [4.69, 9.17) is 15.7 Å². The first-order valence-corrected chi connectivity index (χ1v) is 7.21. The molecule has 3 N–H and O–H groups in total. The van der Waals surface area contributed by atoms with Crippen molar-refractivity contribution in [3.8, 4) is 0 Å². The maximum atomic E-state index is 8.57.